The Morgan fingerprint density at radius 2 is 1.89 bits per heavy atom. The van der Waals surface area contributed by atoms with Gasteiger partial charge in [-0.1, -0.05) is 30.3 Å². The molecule has 0 spiro atoms. The minimum atomic E-state index is -0.618. The standard InChI is InChI=1S/C32H36N8O5/c1-19-35-27-13-12-26(18-28(27)36-19)45-32(43)39-40-15-14-24(17-25(40)11-8-20-6-9-21(10-7-20)29(33)34)38-31(42)37-23-5-3-4-22(16-23)30(41)44-2/h3-7,9-10,12-13,16,18,24-25H,8,11,14-15,17H2,1-2H3,(H3,33,34)(H,35,36)(H,39,43)(H2,37,38,42). The summed E-state index contributed by atoms with van der Waals surface area (Å²) >= 11 is 0. The highest BCUT2D eigenvalue weighted by Crippen LogP contribution is 2.23. The number of hydrogen-bond acceptors (Lipinski definition) is 8. The smallest absolute Gasteiger partial charge is 0.427 e. The first-order valence-electron chi connectivity index (χ1n) is 14.6. The topological polar surface area (TPSA) is 188 Å². The van der Waals surface area contributed by atoms with Crippen LogP contribution in [0.1, 0.15) is 46.6 Å². The number of H-pyrrole nitrogens is 1. The Labute approximate surface area is 260 Å². The molecule has 2 atom stereocenters. The zero-order chi connectivity index (χ0) is 31.9. The molecule has 2 heterocycles. The number of anilines is 1. The van der Waals surface area contributed by atoms with Crippen molar-refractivity contribution < 1.29 is 23.9 Å². The van der Waals surface area contributed by atoms with E-state index in [1.807, 2.05) is 42.3 Å². The number of methoxy groups -OCH3 is 1. The third-order valence-corrected chi connectivity index (χ3v) is 7.64. The average molecular weight is 613 g/mol. The summed E-state index contributed by atoms with van der Waals surface area (Å²) in [6, 6.07) is 18.5. The Balaban J connectivity index is 1.23. The van der Waals surface area contributed by atoms with Crippen LogP contribution in [0.3, 0.4) is 0 Å². The van der Waals surface area contributed by atoms with E-state index < -0.39 is 18.1 Å². The van der Waals surface area contributed by atoms with Crippen molar-refractivity contribution in [3.63, 3.8) is 0 Å². The molecular formula is C32H36N8O5. The van der Waals surface area contributed by atoms with Gasteiger partial charge in [-0.15, -0.1) is 0 Å². The molecule has 2 unspecified atom stereocenters. The van der Waals surface area contributed by atoms with Crippen LogP contribution in [0.15, 0.2) is 66.7 Å². The van der Waals surface area contributed by atoms with Crippen LogP contribution >= 0.6 is 0 Å². The van der Waals surface area contributed by atoms with E-state index in [4.69, 9.17) is 20.6 Å². The highest BCUT2D eigenvalue weighted by molar-refractivity contribution is 5.95. The molecular weight excluding hydrogens is 576 g/mol. The van der Waals surface area contributed by atoms with Crippen molar-refractivity contribution in [1.29, 1.82) is 5.41 Å². The zero-order valence-corrected chi connectivity index (χ0v) is 25.1. The zero-order valence-electron chi connectivity index (χ0n) is 25.1. The molecule has 1 aliphatic rings. The summed E-state index contributed by atoms with van der Waals surface area (Å²) in [5.74, 6) is 0.657. The number of aromatic nitrogens is 2. The molecule has 5 rings (SSSR count). The second-order valence-corrected chi connectivity index (χ2v) is 10.9. The van der Waals surface area contributed by atoms with E-state index in [2.05, 4.69) is 26.0 Å². The monoisotopic (exact) mass is 612 g/mol. The molecule has 45 heavy (non-hydrogen) atoms. The van der Waals surface area contributed by atoms with Gasteiger partial charge in [0.2, 0.25) is 0 Å². The van der Waals surface area contributed by atoms with Gasteiger partial charge in [-0.3, -0.25) is 10.8 Å². The summed E-state index contributed by atoms with van der Waals surface area (Å²) < 4.78 is 10.3. The lowest BCUT2D eigenvalue weighted by atomic mass is 9.93. The number of esters is 1. The van der Waals surface area contributed by atoms with Crippen LogP contribution in [0.25, 0.3) is 11.0 Å². The molecule has 1 aromatic heterocycles. The molecule has 0 saturated carbocycles. The SMILES string of the molecule is COC(=O)c1cccc(NC(=O)NC2CCN(NC(=O)Oc3ccc4[nH]c(C)nc4c3)C(CCc3ccc(C(=N)N)cc3)C2)c1. The Kier molecular flexibility index (Phi) is 9.58. The maximum Gasteiger partial charge on any atom is 0.427 e. The lowest BCUT2D eigenvalue weighted by molar-refractivity contribution is 0.0600. The summed E-state index contributed by atoms with van der Waals surface area (Å²) in [5.41, 5.74) is 12.5. The van der Waals surface area contributed by atoms with Crippen molar-refractivity contribution in [2.45, 2.75) is 44.7 Å². The summed E-state index contributed by atoms with van der Waals surface area (Å²) in [6.45, 7) is 2.33. The highest BCUT2D eigenvalue weighted by Gasteiger charge is 2.31. The number of urea groups is 1. The van der Waals surface area contributed by atoms with Crippen molar-refractivity contribution in [3.05, 3.63) is 89.2 Å². The summed E-state index contributed by atoms with van der Waals surface area (Å²) in [5, 5.41) is 15.3. The van der Waals surface area contributed by atoms with E-state index in [0.717, 1.165) is 16.9 Å². The summed E-state index contributed by atoms with van der Waals surface area (Å²) in [7, 11) is 1.30. The van der Waals surface area contributed by atoms with Gasteiger partial charge < -0.3 is 30.8 Å². The van der Waals surface area contributed by atoms with Gasteiger partial charge in [-0.25, -0.2) is 24.4 Å². The molecule has 4 aromatic rings. The minimum absolute atomic E-state index is 0.00788. The number of nitrogens with zero attached hydrogens (tertiary/aromatic N) is 2. The predicted molar refractivity (Wildman–Crippen MR) is 169 cm³/mol. The average Bonchev–Trinajstić information content (AvgIpc) is 3.40. The Bertz CT molecular complexity index is 1700. The van der Waals surface area contributed by atoms with Crippen LogP contribution in [-0.2, 0) is 11.2 Å². The van der Waals surface area contributed by atoms with Crippen molar-refractivity contribution >= 4 is 40.7 Å². The van der Waals surface area contributed by atoms with Crippen molar-refractivity contribution in [2.75, 3.05) is 19.0 Å². The second kappa shape index (κ2) is 13.9. The fourth-order valence-corrected chi connectivity index (χ4v) is 5.41. The van der Waals surface area contributed by atoms with Crippen LogP contribution in [-0.4, -0.2) is 64.6 Å². The number of fused-ring (bicyclic) bond motifs is 1. The number of piperidine rings is 1. The molecule has 3 aromatic carbocycles. The van der Waals surface area contributed by atoms with Gasteiger partial charge in [0.1, 0.15) is 17.4 Å². The number of amides is 3. The first-order chi connectivity index (χ1) is 21.7. The van der Waals surface area contributed by atoms with E-state index >= 15 is 0 Å². The number of carbonyl (C=O) groups is 3. The fraction of sp³-hybridized carbons (Fsp3) is 0.281. The number of ether oxygens (including phenoxy) is 2. The third-order valence-electron chi connectivity index (χ3n) is 7.64. The molecule has 3 amide bonds. The van der Waals surface area contributed by atoms with Gasteiger partial charge in [-0.2, -0.15) is 0 Å². The molecule has 0 aliphatic carbocycles. The number of aromatic amines is 1. The number of nitrogens with one attached hydrogen (secondary N) is 5. The first kappa shape index (κ1) is 31.0. The number of aryl methyl sites for hydroxylation is 2. The number of hydrazine groups is 1. The molecule has 0 radical (unpaired) electrons. The van der Waals surface area contributed by atoms with Gasteiger partial charge >= 0.3 is 18.1 Å². The Morgan fingerprint density at radius 1 is 1.09 bits per heavy atom. The van der Waals surface area contributed by atoms with E-state index in [0.29, 0.717) is 60.3 Å². The number of carbonyl (C=O) groups excluding carboxylic acids is 3. The number of nitrogens with two attached hydrogens (primary N) is 1. The summed E-state index contributed by atoms with van der Waals surface area (Å²) in [6.07, 6.45) is 1.91. The quantitative estimate of drug-likeness (QED) is 0.0920. The Morgan fingerprint density at radius 3 is 2.64 bits per heavy atom. The largest absolute Gasteiger partial charge is 0.465 e. The van der Waals surface area contributed by atoms with Crippen molar-refractivity contribution in [1.82, 2.24) is 25.7 Å². The second-order valence-electron chi connectivity index (χ2n) is 10.9. The maximum atomic E-state index is 13.0. The van der Waals surface area contributed by atoms with Crippen LogP contribution in [0.5, 0.6) is 5.75 Å². The van der Waals surface area contributed by atoms with Crippen LogP contribution in [0.2, 0.25) is 0 Å². The molecule has 234 valence electrons. The van der Waals surface area contributed by atoms with E-state index in [1.54, 1.807) is 36.4 Å². The number of hydrogen-bond donors (Lipinski definition) is 6. The van der Waals surface area contributed by atoms with Crippen molar-refractivity contribution in [2.24, 2.45) is 5.73 Å². The van der Waals surface area contributed by atoms with Gasteiger partial charge in [0, 0.05) is 35.9 Å². The summed E-state index contributed by atoms with van der Waals surface area (Å²) in [4.78, 5) is 45.2. The lowest BCUT2D eigenvalue weighted by Gasteiger charge is -2.39. The molecule has 7 N–H and O–H groups in total. The van der Waals surface area contributed by atoms with Crippen LogP contribution < -0.4 is 26.5 Å². The third kappa shape index (κ3) is 8.15. The predicted octanol–water partition coefficient (Wildman–Crippen LogP) is 4.23. The first-order valence-corrected chi connectivity index (χ1v) is 14.6. The molecule has 1 aliphatic heterocycles. The van der Waals surface area contributed by atoms with Gasteiger partial charge in [0.15, 0.2) is 0 Å². The number of imidazole rings is 1. The van der Waals surface area contributed by atoms with E-state index in [9.17, 15) is 14.4 Å². The maximum absolute atomic E-state index is 13.0. The van der Waals surface area contributed by atoms with Crippen molar-refractivity contribution in [3.8, 4) is 5.75 Å². The van der Waals surface area contributed by atoms with Gasteiger partial charge in [0.25, 0.3) is 0 Å². The number of nitrogen functional groups attached to an aromatic ring is 1. The highest BCUT2D eigenvalue weighted by atomic mass is 16.6. The van der Waals surface area contributed by atoms with Gasteiger partial charge in [0.05, 0.1) is 23.7 Å². The lowest BCUT2D eigenvalue weighted by Crippen LogP contribution is -2.57. The molecule has 1 fully saturated rings. The number of rotatable bonds is 9. The van der Waals surface area contributed by atoms with Crippen LogP contribution in [0, 0.1) is 12.3 Å². The molecule has 13 heteroatoms. The minimum Gasteiger partial charge on any atom is -0.465 e. The molecule has 0 bridgehead atoms. The number of amidine groups is 1. The fourth-order valence-electron chi connectivity index (χ4n) is 5.41. The van der Waals surface area contributed by atoms with E-state index in [-0.39, 0.29) is 17.9 Å². The Hall–Kier alpha value is -5.43. The molecule has 1 saturated heterocycles. The number of benzene rings is 3. The molecule has 13 nitrogen and oxygen atoms in total. The van der Waals surface area contributed by atoms with E-state index in [1.165, 1.54) is 7.11 Å². The normalized spacial score (nSPS) is 16.5. The van der Waals surface area contributed by atoms with Crippen LogP contribution in [0.4, 0.5) is 15.3 Å². The van der Waals surface area contributed by atoms with Gasteiger partial charge in [-0.05, 0) is 68.5 Å².